The minimum absolute atomic E-state index is 0.00427. The molecule has 2 heterocycles. The second-order valence-electron chi connectivity index (χ2n) is 6.58. The molecule has 1 saturated carbocycles. The maximum atomic E-state index is 12.2. The van der Waals surface area contributed by atoms with Gasteiger partial charge in [-0.1, -0.05) is 12.8 Å². The van der Waals surface area contributed by atoms with Crippen LogP contribution in [0, 0.1) is 5.92 Å². The minimum atomic E-state index is -0.00427. The van der Waals surface area contributed by atoms with Gasteiger partial charge in [0.25, 0.3) is 5.91 Å². The minimum Gasteiger partial charge on any atom is -0.349 e. The Hall–Kier alpha value is -1.56. The number of nitrogens with zero attached hydrogens (tertiary/aromatic N) is 1. The lowest BCUT2D eigenvalue weighted by Crippen LogP contribution is -2.50. The summed E-state index contributed by atoms with van der Waals surface area (Å²) in [6.45, 7) is 2.24. The molecule has 1 aromatic rings. The smallest absolute Gasteiger partial charge is 0.317 e. The molecular weight excluding hydrogens is 310 g/mol. The maximum Gasteiger partial charge on any atom is 0.317 e. The van der Waals surface area contributed by atoms with E-state index in [2.05, 4.69) is 10.6 Å². The molecule has 3 rings (SSSR count). The fraction of sp³-hybridized carbons (Fsp3) is 0.647. The summed E-state index contributed by atoms with van der Waals surface area (Å²) in [5.41, 5.74) is 0.728. The van der Waals surface area contributed by atoms with E-state index in [1.807, 2.05) is 21.7 Å². The van der Waals surface area contributed by atoms with Crippen molar-refractivity contribution in [3.8, 4) is 0 Å². The molecule has 0 radical (unpaired) electrons. The molecule has 0 spiro atoms. The number of carbonyl (C=O) groups excluding carboxylic acids is 2. The summed E-state index contributed by atoms with van der Waals surface area (Å²) < 4.78 is 0. The predicted octanol–water partition coefficient (Wildman–Crippen LogP) is 2.84. The van der Waals surface area contributed by atoms with Crippen molar-refractivity contribution in [3.05, 3.63) is 22.4 Å². The van der Waals surface area contributed by atoms with E-state index in [1.165, 1.54) is 37.0 Å². The van der Waals surface area contributed by atoms with E-state index in [1.54, 1.807) is 0 Å². The highest BCUT2D eigenvalue weighted by Gasteiger charge is 2.25. The third kappa shape index (κ3) is 4.47. The van der Waals surface area contributed by atoms with Gasteiger partial charge in [-0.2, -0.15) is 11.3 Å². The second kappa shape index (κ2) is 7.81. The van der Waals surface area contributed by atoms with E-state index < -0.39 is 0 Å². The molecule has 1 aromatic heterocycles. The van der Waals surface area contributed by atoms with Gasteiger partial charge < -0.3 is 15.5 Å². The van der Waals surface area contributed by atoms with Gasteiger partial charge in [0, 0.05) is 36.6 Å². The number of amides is 3. The Morgan fingerprint density at radius 2 is 1.91 bits per heavy atom. The molecule has 2 N–H and O–H groups in total. The Kier molecular flexibility index (Phi) is 5.54. The molecule has 3 amide bonds. The van der Waals surface area contributed by atoms with Gasteiger partial charge in [-0.05, 0) is 43.0 Å². The zero-order valence-electron chi connectivity index (χ0n) is 13.4. The maximum absolute atomic E-state index is 12.2. The van der Waals surface area contributed by atoms with Crippen LogP contribution in [0.2, 0.25) is 0 Å². The summed E-state index contributed by atoms with van der Waals surface area (Å²) in [4.78, 5) is 26.1. The Bertz CT molecular complexity index is 518. The van der Waals surface area contributed by atoms with E-state index in [-0.39, 0.29) is 18.0 Å². The lowest BCUT2D eigenvalue weighted by atomic mass is 10.0. The summed E-state index contributed by atoms with van der Waals surface area (Å²) in [5, 5.41) is 9.91. The molecule has 0 atom stereocenters. The molecule has 1 aliphatic carbocycles. The molecule has 0 aromatic carbocycles. The fourth-order valence-electron chi connectivity index (χ4n) is 3.45. The average molecular weight is 335 g/mol. The van der Waals surface area contributed by atoms with Crippen LogP contribution < -0.4 is 10.6 Å². The first-order chi connectivity index (χ1) is 11.2. The van der Waals surface area contributed by atoms with Crippen molar-refractivity contribution in [2.45, 2.75) is 44.6 Å². The summed E-state index contributed by atoms with van der Waals surface area (Å²) in [5.74, 6) is 0.664. The first-order valence-electron chi connectivity index (χ1n) is 8.58. The summed E-state index contributed by atoms with van der Waals surface area (Å²) in [6.07, 6.45) is 6.75. The molecule has 1 aliphatic heterocycles. The number of piperidine rings is 1. The van der Waals surface area contributed by atoms with Crippen molar-refractivity contribution in [3.63, 3.8) is 0 Å². The third-order valence-electron chi connectivity index (χ3n) is 4.92. The van der Waals surface area contributed by atoms with Gasteiger partial charge >= 0.3 is 6.03 Å². The predicted molar refractivity (Wildman–Crippen MR) is 91.7 cm³/mol. The topological polar surface area (TPSA) is 61.4 Å². The molecule has 2 aliphatic rings. The molecule has 1 saturated heterocycles. The molecular formula is C17H25N3O2S. The lowest BCUT2D eigenvalue weighted by Gasteiger charge is -2.32. The van der Waals surface area contributed by atoms with Crippen molar-refractivity contribution in [1.29, 1.82) is 0 Å². The Labute approximate surface area is 141 Å². The van der Waals surface area contributed by atoms with E-state index in [9.17, 15) is 9.59 Å². The van der Waals surface area contributed by atoms with Gasteiger partial charge in [-0.25, -0.2) is 4.79 Å². The number of urea groups is 1. The molecule has 23 heavy (non-hydrogen) atoms. The third-order valence-corrected chi connectivity index (χ3v) is 5.60. The number of thiophene rings is 1. The van der Waals surface area contributed by atoms with Crippen LogP contribution in [0.4, 0.5) is 4.79 Å². The van der Waals surface area contributed by atoms with Gasteiger partial charge in [0.05, 0.1) is 0 Å². The highest BCUT2D eigenvalue weighted by atomic mass is 32.1. The number of carbonyl (C=O) groups is 2. The van der Waals surface area contributed by atoms with Crippen LogP contribution in [0.15, 0.2) is 16.8 Å². The van der Waals surface area contributed by atoms with Crippen LogP contribution in [-0.4, -0.2) is 42.5 Å². The highest BCUT2D eigenvalue weighted by Crippen LogP contribution is 2.23. The Morgan fingerprint density at radius 1 is 1.17 bits per heavy atom. The second-order valence-corrected chi connectivity index (χ2v) is 7.36. The van der Waals surface area contributed by atoms with E-state index in [0.717, 1.165) is 24.9 Å². The standard InChI is InChI=1S/C17H25N3O2S/c21-16(14-7-10-23-12-14)19-15-5-8-20(9-6-15)17(22)18-11-13-3-1-2-4-13/h7,10,12-13,15H,1-6,8-9,11H2,(H,18,22)(H,19,21). The zero-order chi connectivity index (χ0) is 16.1. The van der Waals surface area contributed by atoms with Crippen molar-refractivity contribution < 1.29 is 9.59 Å². The van der Waals surface area contributed by atoms with E-state index in [0.29, 0.717) is 19.0 Å². The quantitative estimate of drug-likeness (QED) is 0.889. The molecule has 0 unspecified atom stereocenters. The number of likely N-dealkylation sites (tertiary alicyclic amines) is 1. The summed E-state index contributed by atoms with van der Waals surface area (Å²) in [6, 6.07) is 2.06. The van der Waals surface area contributed by atoms with E-state index >= 15 is 0 Å². The largest absolute Gasteiger partial charge is 0.349 e. The highest BCUT2D eigenvalue weighted by molar-refractivity contribution is 7.08. The van der Waals surface area contributed by atoms with Gasteiger partial charge in [0.1, 0.15) is 0 Å². The summed E-state index contributed by atoms with van der Waals surface area (Å²) >= 11 is 1.53. The monoisotopic (exact) mass is 335 g/mol. The number of hydrogen-bond donors (Lipinski definition) is 2. The molecule has 2 fully saturated rings. The summed E-state index contributed by atoms with van der Waals surface area (Å²) in [7, 11) is 0. The van der Waals surface area contributed by atoms with Crippen LogP contribution in [0.3, 0.4) is 0 Å². The van der Waals surface area contributed by atoms with Crippen LogP contribution in [0.1, 0.15) is 48.9 Å². The van der Waals surface area contributed by atoms with Crippen LogP contribution in [0.5, 0.6) is 0 Å². The lowest BCUT2D eigenvalue weighted by molar-refractivity contribution is 0.0918. The van der Waals surface area contributed by atoms with Crippen molar-refractivity contribution in [1.82, 2.24) is 15.5 Å². The van der Waals surface area contributed by atoms with Gasteiger partial charge in [0.15, 0.2) is 0 Å². The first kappa shape index (κ1) is 16.3. The number of hydrogen-bond acceptors (Lipinski definition) is 3. The van der Waals surface area contributed by atoms with Gasteiger partial charge in [0.2, 0.25) is 0 Å². The number of nitrogens with one attached hydrogen (secondary N) is 2. The molecule has 6 heteroatoms. The molecule has 5 nitrogen and oxygen atoms in total. The Morgan fingerprint density at radius 3 is 2.57 bits per heavy atom. The van der Waals surface area contributed by atoms with Crippen LogP contribution in [-0.2, 0) is 0 Å². The SMILES string of the molecule is O=C(NC1CCN(C(=O)NCC2CCCC2)CC1)c1ccsc1. The van der Waals surface area contributed by atoms with Gasteiger partial charge in [-0.3, -0.25) is 4.79 Å². The molecule has 126 valence electrons. The Balaban J connectivity index is 1.37. The first-order valence-corrected chi connectivity index (χ1v) is 9.52. The van der Waals surface area contributed by atoms with Crippen molar-refractivity contribution in [2.75, 3.05) is 19.6 Å². The number of rotatable bonds is 4. The van der Waals surface area contributed by atoms with Gasteiger partial charge in [-0.15, -0.1) is 0 Å². The van der Waals surface area contributed by atoms with Crippen molar-refractivity contribution in [2.24, 2.45) is 5.92 Å². The van der Waals surface area contributed by atoms with Crippen molar-refractivity contribution >= 4 is 23.3 Å². The van der Waals surface area contributed by atoms with Crippen LogP contribution in [0.25, 0.3) is 0 Å². The average Bonchev–Trinajstić information content (AvgIpc) is 3.26. The molecule has 0 bridgehead atoms. The van der Waals surface area contributed by atoms with Crippen LogP contribution >= 0.6 is 11.3 Å². The fourth-order valence-corrected chi connectivity index (χ4v) is 4.08. The zero-order valence-corrected chi connectivity index (χ0v) is 14.2. The van der Waals surface area contributed by atoms with E-state index in [4.69, 9.17) is 0 Å². The normalized spacial score (nSPS) is 19.7.